The van der Waals surface area contributed by atoms with Crippen LogP contribution in [0.4, 0.5) is 0 Å². The number of aliphatic hydroxyl groups excluding tert-OH is 1. The molecule has 0 aliphatic heterocycles. The predicted molar refractivity (Wildman–Crippen MR) is 73.8 cm³/mol. The molecule has 1 aromatic carbocycles. The summed E-state index contributed by atoms with van der Waals surface area (Å²) >= 11 is 0. The van der Waals surface area contributed by atoms with Crippen LogP contribution in [-0.4, -0.2) is 24.8 Å². The number of hydrogen-bond acceptors (Lipinski definition) is 2. The highest BCUT2D eigenvalue weighted by atomic mass is 35.5. The molecule has 96 valence electrons. The third-order valence-corrected chi connectivity index (χ3v) is 3.70. The summed E-state index contributed by atoms with van der Waals surface area (Å²) in [4.78, 5) is 0. The van der Waals surface area contributed by atoms with Gasteiger partial charge in [0, 0.05) is 18.5 Å². The summed E-state index contributed by atoms with van der Waals surface area (Å²) in [5.41, 5.74) is 1.77. The Morgan fingerprint density at radius 1 is 1.12 bits per heavy atom. The van der Waals surface area contributed by atoms with E-state index in [2.05, 4.69) is 35.6 Å². The van der Waals surface area contributed by atoms with E-state index in [0.29, 0.717) is 12.0 Å². The van der Waals surface area contributed by atoms with Crippen molar-refractivity contribution in [3.05, 3.63) is 35.9 Å². The average Bonchev–Trinajstić information content (AvgIpc) is 2.81. The predicted octanol–water partition coefficient (Wildman–Crippen LogP) is 2.50. The van der Waals surface area contributed by atoms with Gasteiger partial charge in [0.15, 0.2) is 0 Å². The zero-order chi connectivity index (χ0) is 11.3. The SMILES string of the molecule is Cl.OCCNCC1(c2ccccc2)CCCC1. The van der Waals surface area contributed by atoms with Gasteiger partial charge in [-0.05, 0) is 18.4 Å². The first-order chi connectivity index (χ1) is 7.87. The quantitative estimate of drug-likeness (QED) is 0.793. The average molecular weight is 256 g/mol. The summed E-state index contributed by atoms with van der Waals surface area (Å²) in [6.07, 6.45) is 5.20. The van der Waals surface area contributed by atoms with E-state index in [1.54, 1.807) is 0 Å². The van der Waals surface area contributed by atoms with Gasteiger partial charge >= 0.3 is 0 Å². The first-order valence-electron chi connectivity index (χ1n) is 6.24. The minimum atomic E-state index is 0. The van der Waals surface area contributed by atoms with E-state index in [0.717, 1.165) is 6.54 Å². The van der Waals surface area contributed by atoms with Crippen LogP contribution in [0.25, 0.3) is 0 Å². The summed E-state index contributed by atoms with van der Waals surface area (Å²) in [7, 11) is 0. The van der Waals surface area contributed by atoms with Crippen molar-refractivity contribution in [3.8, 4) is 0 Å². The lowest BCUT2D eigenvalue weighted by Crippen LogP contribution is -2.37. The highest BCUT2D eigenvalue weighted by molar-refractivity contribution is 5.85. The van der Waals surface area contributed by atoms with E-state index in [1.165, 1.54) is 31.2 Å². The molecule has 0 amide bonds. The molecule has 0 atom stereocenters. The Morgan fingerprint density at radius 2 is 1.76 bits per heavy atom. The van der Waals surface area contributed by atoms with Crippen LogP contribution in [0.3, 0.4) is 0 Å². The van der Waals surface area contributed by atoms with E-state index in [9.17, 15) is 0 Å². The van der Waals surface area contributed by atoms with Crippen molar-refractivity contribution in [3.63, 3.8) is 0 Å². The van der Waals surface area contributed by atoms with Crippen LogP contribution in [0, 0.1) is 0 Å². The maximum absolute atomic E-state index is 8.83. The first-order valence-corrected chi connectivity index (χ1v) is 6.24. The summed E-state index contributed by atoms with van der Waals surface area (Å²) in [5.74, 6) is 0. The second kappa shape index (κ2) is 7.00. The Balaban J connectivity index is 0.00000144. The molecule has 0 bridgehead atoms. The molecule has 2 rings (SSSR count). The van der Waals surface area contributed by atoms with Crippen LogP contribution in [0.5, 0.6) is 0 Å². The number of hydrogen-bond donors (Lipinski definition) is 2. The molecule has 1 aromatic rings. The Labute approximate surface area is 110 Å². The fraction of sp³-hybridized carbons (Fsp3) is 0.571. The van der Waals surface area contributed by atoms with Gasteiger partial charge in [-0.1, -0.05) is 43.2 Å². The van der Waals surface area contributed by atoms with Crippen LogP contribution < -0.4 is 5.32 Å². The van der Waals surface area contributed by atoms with Crippen molar-refractivity contribution in [2.45, 2.75) is 31.1 Å². The minimum Gasteiger partial charge on any atom is -0.395 e. The summed E-state index contributed by atoms with van der Waals surface area (Å²) in [5, 5.41) is 12.2. The normalized spacial score (nSPS) is 17.7. The Hall–Kier alpha value is -0.570. The molecule has 1 fully saturated rings. The van der Waals surface area contributed by atoms with Crippen molar-refractivity contribution >= 4 is 12.4 Å². The zero-order valence-electron chi connectivity index (χ0n) is 10.2. The van der Waals surface area contributed by atoms with Gasteiger partial charge in [0.2, 0.25) is 0 Å². The second-order valence-corrected chi connectivity index (χ2v) is 4.75. The summed E-state index contributed by atoms with van der Waals surface area (Å²) < 4.78 is 0. The molecular formula is C14H22ClNO. The molecule has 2 nitrogen and oxygen atoms in total. The van der Waals surface area contributed by atoms with Gasteiger partial charge in [-0.25, -0.2) is 0 Å². The van der Waals surface area contributed by atoms with Crippen LogP contribution in [0.2, 0.25) is 0 Å². The number of aliphatic hydroxyl groups is 1. The second-order valence-electron chi connectivity index (χ2n) is 4.75. The van der Waals surface area contributed by atoms with Gasteiger partial charge < -0.3 is 10.4 Å². The Kier molecular flexibility index (Phi) is 5.96. The molecule has 0 radical (unpaired) electrons. The van der Waals surface area contributed by atoms with Crippen LogP contribution in [0.15, 0.2) is 30.3 Å². The van der Waals surface area contributed by atoms with E-state index >= 15 is 0 Å². The molecule has 2 N–H and O–H groups in total. The first kappa shape index (κ1) is 14.5. The van der Waals surface area contributed by atoms with Crippen molar-refractivity contribution in [1.82, 2.24) is 5.32 Å². The Morgan fingerprint density at radius 3 is 2.35 bits per heavy atom. The molecule has 0 spiro atoms. The topological polar surface area (TPSA) is 32.3 Å². The summed E-state index contributed by atoms with van der Waals surface area (Å²) in [6.45, 7) is 1.93. The number of rotatable bonds is 5. The smallest absolute Gasteiger partial charge is 0.0555 e. The fourth-order valence-electron chi connectivity index (χ4n) is 2.82. The van der Waals surface area contributed by atoms with Gasteiger partial charge in [-0.3, -0.25) is 0 Å². The number of nitrogens with one attached hydrogen (secondary N) is 1. The van der Waals surface area contributed by atoms with Gasteiger partial charge in [0.05, 0.1) is 6.61 Å². The van der Waals surface area contributed by atoms with Crippen molar-refractivity contribution < 1.29 is 5.11 Å². The van der Waals surface area contributed by atoms with Gasteiger partial charge in [-0.15, -0.1) is 12.4 Å². The maximum atomic E-state index is 8.83. The molecule has 1 saturated carbocycles. The molecule has 0 aromatic heterocycles. The standard InChI is InChI=1S/C14H21NO.ClH/c16-11-10-15-12-14(8-4-5-9-14)13-6-2-1-3-7-13;/h1-3,6-7,15-16H,4-5,8-12H2;1H. The number of halogens is 1. The zero-order valence-corrected chi connectivity index (χ0v) is 11.0. The molecule has 1 aliphatic carbocycles. The van der Waals surface area contributed by atoms with Gasteiger partial charge in [-0.2, -0.15) is 0 Å². The largest absolute Gasteiger partial charge is 0.395 e. The molecule has 1 aliphatic rings. The lowest BCUT2D eigenvalue weighted by molar-refractivity contribution is 0.282. The van der Waals surface area contributed by atoms with E-state index in [4.69, 9.17) is 5.11 Å². The Bertz CT molecular complexity index is 309. The molecule has 0 unspecified atom stereocenters. The highest BCUT2D eigenvalue weighted by Crippen LogP contribution is 2.40. The van der Waals surface area contributed by atoms with E-state index in [-0.39, 0.29) is 19.0 Å². The van der Waals surface area contributed by atoms with Crippen LogP contribution in [0.1, 0.15) is 31.2 Å². The van der Waals surface area contributed by atoms with Crippen molar-refractivity contribution in [1.29, 1.82) is 0 Å². The molecule has 0 saturated heterocycles. The summed E-state index contributed by atoms with van der Waals surface area (Å²) in [6, 6.07) is 10.8. The number of benzene rings is 1. The van der Waals surface area contributed by atoms with Crippen molar-refractivity contribution in [2.75, 3.05) is 19.7 Å². The van der Waals surface area contributed by atoms with Gasteiger partial charge in [0.1, 0.15) is 0 Å². The van der Waals surface area contributed by atoms with Crippen molar-refractivity contribution in [2.24, 2.45) is 0 Å². The van der Waals surface area contributed by atoms with Gasteiger partial charge in [0.25, 0.3) is 0 Å². The van der Waals surface area contributed by atoms with Crippen LogP contribution in [-0.2, 0) is 5.41 Å². The molecule has 17 heavy (non-hydrogen) atoms. The van der Waals surface area contributed by atoms with E-state index in [1.807, 2.05) is 0 Å². The maximum Gasteiger partial charge on any atom is 0.0555 e. The third kappa shape index (κ3) is 3.44. The molecular weight excluding hydrogens is 234 g/mol. The highest BCUT2D eigenvalue weighted by Gasteiger charge is 2.34. The molecule has 0 heterocycles. The minimum absolute atomic E-state index is 0. The fourth-order valence-corrected chi connectivity index (χ4v) is 2.82. The lowest BCUT2D eigenvalue weighted by atomic mass is 9.79. The van der Waals surface area contributed by atoms with E-state index < -0.39 is 0 Å². The molecule has 3 heteroatoms. The lowest BCUT2D eigenvalue weighted by Gasteiger charge is -2.30. The van der Waals surface area contributed by atoms with Crippen LogP contribution >= 0.6 is 12.4 Å². The monoisotopic (exact) mass is 255 g/mol. The third-order valence-electron chi connectivity index (χ3n) is 3.70.